The van der Waals surface area contributed by atoms with Crippen LogP contribution < -0.4 is 5.32 Å². The van der Waals surface area contributed by atoms with E-state index in [0.29, 0.717) is 5.56 Å². The van der Waals surface area contributed by atoms with Gasteiger partial charge >= 0.3 is 5.97 Å². The number of halogens is 1. The highest BCUT2D eigenvalue weighted by atomic mass is 35.5. The van der Waals surface area contributed by atoms with Crippen LogP contribution >= 0.6 is 12.4 Å². The number of carboxylic acid groups (broad SMARTS) is 1. The van der Waals surface area contributed by atoms with E-state index in [0.717, 1.165) is 24.6 Å². The summed E-state index contributed by atoms with van der Waals surface area (Å²) in [6, 6.07) is 7.03. The maximum absolute atomic E-state index is 10.6. The number of nitrogens with one attached hydrogen (secondary N) is 1. The van der Waals surface area contributed by atoms with Gasteiger partial charge in [-0.15, -0.1) is 12.4 Å². The molecule has 4 heteroatoms. The van der Waals surface area contributed by atoms with Crippen molar-refractivity contribution in [2.45, 2.75) is 19.4 Å². The molecule has 0 aromatic heterocycles. The number of rotatable bonds is 5. The van der Waals surface area contributed by atoms with Crippen molar-refractivity contribution in [2.75, 3.05) is 6.54 Å². The summed E-state index contributed by atoms with van der Waals surface area (Å²) in [6.45, 7) is 1.91. The molecule has 1 aromatic carbocycles. The minimum absolute atomic E-state index is 0. The van der Waals surface area contributed by atoms with E-state index in [2.05, 4.69) is 5.32 Å². The van der Waals surface area contributed by atoms with Crippen molar-refractivity contribution in [2.24, 2.45) is 5.92 Å². The second-order valence-electron chi connectivity index (χ2n) is 4.08. The molecule has 1 aliphatic rings. The van der Waals surface area contributed by atoms with Gasteiger partial charge in [-0.25, -0.2) is 4.79 Å². The predicted octanol–water partition coefficient (Wildman–Crippen LogP) is 2.31. The van der Waals surface area contributed by atoms with Crippen LogP contribution in [0.1, 0.15) is 28.8 Å². The molecular formula is C12H16ClNO2. The Kier molecular flexibility index (Phi) is 4.77. The molecule has 16 heavy (non-hydrogen) atoms. The molecule has 88 valence electrons. The zero-order valence-corrected chi connectivity index (χ0v) is 9.80. The summed E-state index contributed by atoms with van der Waals surface area (Å²) in [6.07, 6.45) is 2.70. The number of benzene rings is 1. The lowest BCUT2D eigenvalue weighted by atomic mass is 10.1. The first kappa shape index (κ1) is 13.0. The van der Waals surface area contributed by atoms with Gasteiger partial charge in [0, 0.05) is 6.54 Å². The van der Waals surface area contributed by atoms with Crippen molar-refractivity contribution >= 4 is 18.4 Å². The third-order valence-electron chi connectivity index (χ3n) is 2.66. The third kappa shape index (κ3) is 3.83. The summed E-state index contributed by atoms with van der Waals surface area (Å²) in [5.41, 5.74) is 1.49. The molecule has 3 nitrogen and oxygen atoms in total. The highest BCUT2D eigenvalue weighted by Crippen LogP contribution is 2.27. The van der Waals surface area contributed by atoms with Crippen LogP contribution in [0.5, 0.6) is 0 Å². The normalized spacial score (nSPS) is 14.2. The second kappa shape index (κ2) is 5.87. The van der Waals surface area contributed by atoms with Crippen LogP contribution in [0.15, 0.2) is 24.3 Å². The first-order chi connectivity index (χ1) is 7.25. The van der Waals surface area contributed by atoms with Gasteiger partial charge < -0.3 is 10.4 Å². The summed E-state index contributed by atoms with van der Waals surface area (Å²) < 4.78 is 0. The predicted molar refractivity (Wildman–Crippen MR) is 65.1 cm³/mol. The third-order valence-corrected chi connectivity index (χ3v) is 2.66. The molecule has 0 atom stereocenters. The van der Waals surface area contributed by atoms with Crippen LogP contribution in [0.2, 0.25) is 0 Å². The Labute approximate surface area is 101 Å². The van der Waals surface area contributed by atoms with E-state index in [4.69, 9.17) is 5.11 Å². The molecule has 0 spiro atoms. The maximum Gasteiger partial charge on any atom is 0.335 e. The summed E-state index contributed by atoms with van der Waals surface area (Å²) in [5, 5.41) is 12.1. The van der Waals surface area contributed by atoms with Gasteiger partial charge in [0.05, 0.1) is 5.56 Å². The largest absolute Gasteiger partial charge is 0.478 e. The summed E-state index contributed by atoms with van der Waals surface area (Å²) in [4.78, 5) is 10.6. The Morgan fingerprint density at radius 2 is 1.94 bits per heavy atom. The quantitative estimate of drug-likeness (QED) is 0.832. The molecule has 0 aliphatic heterocycles. The van der Waals surface area contributed by atoms with Crippen molar-refractivity contribution in [3.63, 3.8) is 0 Å². The average molecular weight is 242 g/mol. The molecule has 2 N–H and O–H groups in total. The van der Waals surface area contributed by atoms with Crippen LogP contribution in [-0.4, -0.2) is 17.6 Å². The molecule has 1 saturated carbocycles. The van der Waals surface area contributed by atoms with Crippen molar-refractivity contribution in [1.29, 1.82) is 0 Å². The van der Waals surface area contributed by atoms with E-state index >= 15 is 0 Å². The van der Waals surface area contributed by atoms with E-state index in [1.807, 2.05) is 12.1 Å². The van der Waals surface area contributed by atoms with Crippen molar-refractivity contribution < 1.29 is 9.90 Å². The SMILES string of the molecule is Cl.O=C(O)c1ccc(CNCC2CC2)cc1. The molecule has 1 aromatic rings. The van der Waals surface area contributed by atoms with Crippen molar-refractivity contribution in [3.8, 4) is 0 Å². The van der Waals surface area contributed by atoms with Gasteiger partial charge in [-0.2, -0.15) is 0 Å². The number of aromatic carboxylic acids is 1. The Bertz CT molecular complexity index is 347. The summed E-state index contributed by atoms with van der Waals surface area (Å²) in [7, 11) is 0. The fourth-order valence-corrected chi connectivity index (χ4v) is 1.51. The zero-order valence-electron chi connectivity index (χ0n) is 8.98. The Balaban J connectivity index is 0.00000128. The highest BCUT2D eigenvalue weighted by molar-refractivity contribution is 5.87. The number of carboxylic acids is 1. The molecule has 1 aliphatic carbocycles. The average Bonchev–Trinajstić information content (AvgIpc) is 3.02. The minimum Gasteiger partial charge on any atom is -0.478 e. The van der Waals surface area contributed by atoms with Gasteiger partial charge in [-0.1, -0.05) is 12.1 Å². The topological polar surface area (TPSA) is 49.3 Å². The van der Waals surface area contributed by atoms with E-state index in [-0.39, 0.29) is 12.4 Å². The van der Waals surface area contributed by atoms with E-state index in [1.165, 1.54) is 12.8 Å². The standard InChI is InChI=1S/C12H15NO2.ClH/c14-12(15)11-5-3-10(4-6-11)8-13-7-9-1-2-9;/h3-6,9,13H,1-2,7-8H2,(H,14,15);1H. The molecular weight excluding hydrogens is 226 g/mol. The van der Waals surface area contributed by atoms with Gasteiger partial charge in [-0.05, 0) is 43.0 Å². The first-order valence-corrected chi connectivity index (χ1v) is 5.28. The minimum atomic E-state index is -0.868. The molecule has 1 fully saturated rings. The van der Waals surface area contributed by atoms with Gasteiger partial charge in [0.25, 0.3) is 0 Å². The molecule has 0 saturated heterocycles. The fraction of sp³-hybridized carbons (Fsp3) is 0.417. The van der Waals surface area contributed by atoms with Gasteiger partial charge in [0.15, 0.2) is 0 Å². The lowest BCUT2D eigenvalue weighted by Crippen LogP contribution is -2.16. The maximum atomic E-state index is 10.6. The smallest absolute Gasteiger partial charge is 0.335 e. The number of hydrogen-bond acceptors (Lipinski definition) is 2. The van der Waals surface area contributed by atoms with E-state index in [9.17, 15) is 4.79 Å². The number of carbonyl (C=O) groups is 1. The first-order valence-electron chi connectivity index (χ1n) is 5.28. The molecule has 0 bridgehead atoms. The van der Waals surface area contributed by atoms with E-state index in [1.54, 1.807) is 12.1 Å². The van der Waals surface area contributed by atoms with Gasteiger partial charge in [-0.3, -0.25) is 0 Å². The van der Waals surface area contributed by atoms with Crippen LogP contribution in [0.4, 0.5) is 0 Å². The molecule has 0 amide bonds. The molecule has 0 radical (unpaired) electrons. The Morgan fingerprint density at radius 3 is 2.44 bits per heavy atom. The fourth-order valence-electron chi connectivity index (χ4n) is 1.51. The monoisotopic (exact) mass is 241 g/mol. The van der Waals surface area contributed by atoms with E-state index < -0.39 is 5.97 Å². The summed E-state index contributed by atoms with van der Waals surface area (Å²) in [5.74, 6) is 0.00998. The lowest BCUT2D eigenvalue weighted by Gasteiger charge is -2.03. The van der Waals surface area contributed by atoms with Gasteiger partial charge in [0.2, 0.25) is 0 Å². The second-order valence-corrected chi connectivity index (χ2v) is 4.08. The Hall–Kier alpha value is -1.06. The van der Waals surface area contributed by atoms with Crippen molar-refractivity contribution in [1.82, 2.24) is 5.32 Å². The lowest BCUT2D eigenvalue weighted by molar-refractivity contribution is 0.0697. The molecule has 0 heterocycles. The van der Waals surface area contributed by atoms with Gasteiger partial charge in [0.1, 0.15) is 0 Å². The highest BCUT2D eigenvalue weighted by Gasteiger charge is 2.19. The van der Waals surface area contributed by atoms with Crippen LogP contribution in [0.3, 0.4) is 0 Å². The van der Waals surface area contributed by atoms with Crippen LogP contribution in [0.25, 0.3) is 0 Å². The Morgan fingerprint density at radius 1 is 1.31 bits per heavy atom. The number of hydrogen-bond donors (Lipinski definition) is 2. The zero-order chi connectivity index (χ0) is 10.7. The molecule has 2 rings (SSSR count). The summed E-state index contributed by atoms with van der Waals surface area (Å²) >= 11 is 0. The van der Waals surface area contributed by atoms with Crippen molar-refractivity contribution in [3.05, 3.63) is 35.4 Å². The molecule has 0 unspecified atom stereocenters. The van der Waals surface area contributed by atoms with Crippen LogP contribution in [0, 0.1) is 5.92 Å². The van der Waals surface area contributed by atoms with Crippen LogP contribution in [-0.2, 0) is 6.54 Å².